The van der Waals surface area contributed by atoms with E-state index in [2.05, 4.69) is 9.88 Å². The summed E-state index contributed by atoms with van der Waals surface area (Å²) in [7, 11) is 2.00. The molecule has 0 fully saturated rings. The first kappa shape index (κ1) is 15.9. The van der Waals surface area contributed by atoms with Gasteiger partial charge in [0, 0.05) is 25.9 Å². The van der Waals surface area contributed by atoms with Crippen molar-refractivity contribution in [2.24, 2.45) is 5.73 Å². The van der Waals surface area contributed by atoms with E-state index in [0.717, 1.165) is 48.4 Å². The van der Waals surface area contributed by atoms with E-state index in [1.807, 2.05) is 27.0 Å². The lowest BCUT2D eigenvalue weighted by atomic mass is 10.1. The number of unbranched alkanes of at least 4 members (excludes halogenated alkanes) is 2. The molecule has 0 radical (unpaired) electrons. The van der Waals surface area contributed by atoms with Gasteiger partial charge in [0.1, 0.15) is 10.8 Å². The number of aliphatic hydroxyl groups is 1. The summed E-state index contributed by atoms with van der Waals surface area (Å²) >= 11 is 5.13. The number of aryl methyl sites for hydroxylation is 2. The van der Waals surface area contributed by atoms with Gasteiger partial charge in [-0.25, -0.2) is 4.98 Å². The standard InChI is InChI=1S/C14H23N3OS/c1-10-9-11(2)16-14(12(10)13(15)19)17(3)7-5-4-6-8-18/h9,18H,4-8H2,1-3H3,(H2,15,19). The van der Waals surface area contributed by atoms with Crippen LogP contribution >= 0.6 is 12.2 Å². The third-order valence-corrected chi connectivity index (χ3v) is 3.29. The first-order valence-electron chi connectivity index (χ1n) is 6.57. The average Bonchev–Trinajstić information content (AvgIpc) is 2.32. The first-order chi connectivity index (χ1) is 8.97. The van der Waals surface area contributed by atoms with E-state index in [1.165, 1.54) is 0 Å². The molecule has 0 aliphatic heterocycles. The smallest absolute Gasteiger partial charge is 0.139 e. The lowest BCUT2D eigenvalue weighted by Crippen LogP contribution is -2.25. The minimum Gasteiger partial charge on any atom is -0.396 e. The molecular formula is C14H23N3OS. The highest BCUT2D eigenvalue weighted by molar-refractivity contribution is 7.80. The number of nitrogens with two attached hydrogens (primary N) is 1. The molecule has 1 aromatic rings. The van der Waals surface area contributed by atoms with Crippen LogP contribution in [0.3, 0.4) is 0 Å². The Labute approximate surface area is 120 Å². The molecule has 0 amide bonds. The van der Waals surface area contributed by atoms with Gasteiger partial charge in [-0.15, -0.1) is 0 Å². The topological polar surface area (TPSA) is 62.4 Å². The van der Waals surface area contributed by atoms with Gasteiger partial charge in [-0.05, 0) is 44.7 Å². The van der Waals surface area contributed by atoms with Gasteiger partial charge >= 0.3 is 0 Å². The highest BCUT2D eigenvalue weighted by atomic mass is 32.1. The summed E-state index contributed by atoms with van der Waals surface area (Å²) in [6, 6.07) is 2.00. The Hall–Kier alpha value is -1.20. The van der Waals surface area contributed by atoms with Gasteiger partial charge in [0.05, 0.1) is 5.56 Å². The molecule has 0 spiro atoms. The summed E-state index contributed by atoms with van der Waals surface area (Å²) in [6.45, 7) is 5.11. The summed E-state index contributed by atoms with van der Waals surface area (Å²) in [5.74, 6) is 0.856. The summed E-state index contributed by atoms with van der Waals surface area (Å²) in [6.07, 6.45) is 2.87. The predicted octanol–water partition coefficient (Wildman–Crippen LogP) is 1.93. The Bertz CT molecular complexity index is 449. The molecule has 0 aliphatic rings. The first-order valence-corrected chi connectivity index (χ1v) is 6.98. The van der Waals surface area contributed by atoms with Crippen molar-refractivity contribution in [3.05, 3.63) is 22.9 Å². The van der Waals surface area contributed by atoms with Crippen LogP contribution in [0.1, 0.15) is 36.1 Å². The second-order valence-corrected chi connectivity index (χ2v) is 5.29. The molecule has 0 saturated carbocycles. The van der Waals surface area contributed by atoms with Crippen molar-refractivity contribution in [3.8, 4) is 0 Å². The zero-order valence-corrected chi connectivity index (χ0v) is 12.8. The lowest BCUT2D eigenvalue weighted by Gasteiger charge is -2.22. The fourth-order valence-electron chi connectivity index (χ4n) is 2.14. The van der Waals surface area contributed by atoms with E-state index in [9.17, 15) is 0 Å². The molecule has 1 aromatic heterocycles. The number of thiocarbonyl (C=S) groups is 1. The molecule has 0 aliphatic carbocycles. The average molecular weight is 281 g/mol. The Balaban J connectivity index is 2.88. The Kier molecular flexibility index (Phi) is 6.18. The predicted molar refractivity (Wildman–Crippen MR) is 83.8 cm³/mol. The fourth-order valence-corrected chi connectivity index (χ4v) is 2.39. The number of nitrogens with zero attached hydrogens (tertiary/aromatic N) is 2. The van der Waals surface area contributed by atoms with Crippen LogP contribution in [-0.2, 0) is 0 Å². The molecule has 4 nitrogen and oxygen atoms in total. The van der Waals surface area contributed by atoms with Gasteiger partial charge in [0.25, 0.3) is 0 Å². The van der Waals surface area contributed by atoms with Crippen LogP contribution in [0.5, 0.6) is 0 Å². The molecule has 1 rings (SSSR count). The molecule has 1 heterocycles. The largest absolute Gasteiger partial charge is 0.396 e. The second kappa shape index (κ2) is 7.40. The van der Waals surface area contributed by atoms with Gasteiger partial charge in [-0.2, -0.15) is 0 Å². The monoisotopic (exact) mass is 281 g/mol. The molecule has 0 saturated heterocycles. The van der Waals surface area contributed by atoms with Crippen molar-refractivity contribution in [1.29, 1.82) is 0 Å². The van der Waals surface area contributed by atoms with Crippen LogP contribution in [0.25, 0.3) is 0 Å². The highest BCUT2D eigenvalue weighted by Gasteiger charge is 2.14. The second-order valence-electron chi connectivity index (χ2n) is 4.85. The third kappa shape index (κ3) is 4.44. The number of hydrogen-bond acceptors (Lipinski definition) is 4. The zero-order valence-electron chi connectivity index (χ0n) is 11.9. The van der Waals surface area contributed by atoms with Crippen LogP contribution in [0, 0.1) is 13.8 Å². The summed E-state index contributed by atoms with van der Waals surface area (Å²) in [5, 5.41) is 8.78. The molecule has 0 unspecified atom stereocenters. The van der Waals surface area contributed by atoms with Crippen LogP contribution < -0.4 is 10.6 Å². The van der Waals surface area contributed by atoms with Gasteiger partial charge in [-0.3, -0.25) is 0 Å². The zero-order chi connectivity index (χ0) is 14.4. The van der Waals surface area contributed by atoms with Gasteiger partial charge < -0.3 is 15.7 Å². The van der Waals surface area contributed by atoms with E-state index in [0.29, 0.717) is 4.99 Å². The number of anilines is 1. The van der Waals surface area contributed by atoms with Crippen molar-refractivity contribution in [3.63, 3.8) is 0 Å². The van der Waals surface area contributed by atoms with Crippen LogP contribution in [0.15, 0.2) is 6.07 Å². The van der Waals surface area contributed by atoms with Crippen molar-refractivity contribution in [2.75, 3.05) is 25.1 Å². The number of aliphatic hydroxyl groups excluding tert-OH is 1. The quantitative estimate of drug-likeness (QED) is 0.591. The van der Waals surface area contributed by atoms with Crippen molar-refractivity contribution < 1.29 is 5.11 Å². The number of pyridine rings is 1. The number of hydrogen-bond donors (Lipinski definition) is 2. The summed E-state index contributed by atoms with van der Waals surface area (Å²) in [5.41, 5.74) is 8.71. The van der Waals surface area contributed by atoms with E-state index in [-0.39, 0.29) is 6.61 Å². The minimum absolute atomic E-state index is 0.254. The van der Waals surface area contributed by atoms with E-state index >= 15 is 0 Å². The van der Waals surface area contributed by atoms with Gasteiger partial charge in [0.15, 0.2) is 0 Å². The van der Waals surface area contributed by atoms with E-state index in [4.69, 9.17) is 23.1 Å². The maximum Gasteiger partial charge on any atom is 0.139 e. The van der Waals surface area contributed by atoms with Crippen LogP contribution in [-0.4, -0.2) is 35.3 Å². The van der Waals surface area contributed by atoms with Crippen LogP contribution in [0.2, 0.25) is 0 Å². The molecule has 106 valence electrons. The van der Waals surface area contributed by atoms with Crippen molar-refractivity contribution in [1.82, 2.24) is 4.98 Å². The molecule has 19 heavy (non-hydrogen) atoms. The van der Waals surface area contributed by atoms with Gasteiger partial charge in [0.2, 0.25) is 0 Å². The van der Waals surface area contributed by atoms with Crippen molar-refractivity contribution >= 4 is 23.0 Å². The normalized spacial score (nSPS) is 10.5. The number of rotatable bonds is 7. The maximum absolute atomic E-state index is 8.78. The Morgan fingerprint density at radius 3 is 2.63 bits per heavy atom. The SMILES string of the molecule is Cc1cc(C)c(C(N)=S)c(N(C)CCCCCO)n1. The van der Waals surface area contributed by atoms with Gasteiger partial charge in [-0.1, -0.05) is 12.2 Å². The summed E-state index contributed by atoms with van der Waals surface area (Å²) in [4.78, 5) is 7.04. The molecule has 5 heteroatoms. The Morgan fingerprint density at radius 1 is 1.37 bits per heavy atom. The Morgan fingerprint density at radius 2 is 2.05 bits per heavy atom. The fraction of sp³-hybridized carbons (Fsp3) is 0.571. The molecule has 3 N–H and O–H groups in total. The molecule has 0 atom stereocenters. The van der Waals surface area contributed by atoms with Crippen LogP contribution in [0.4, 0.5) is 5.82 Å². The van der Waals surface area contributed by atoms with Crippen molar-refractivity contribution in [2.45, 2.75) is 33.1 Å². The lowest BCUT2D eigenvalue weighted by molar-refractivity contribution is 0.283. The molecule has 0 aromatic carbocycles. The molecule has 0 bridgehead atoms. The minimum atomic E-state index is 0.254. The highest BCUT2D eigenvalue weighted by Crippen LogP contribution is 2.22. The van der Waals surface area contributed by atoms with E-state index in [1.54, 1.807) is 0 Å². The molecular weight excluding hydrogens is 258 g/mol. The van der Waals surface area contributed by atoms with E-state index < -0.39 is 0 Å². The third-order valence-electron chi connectivity index (χ3n) is 3.09. The summed E-state index contributed by atoms with van der Waals surface area (Å²) < 4.78 is 0. The number of aromatic nitrogens is 1. The maximum atomic E-state index is 8.78.